The van der Waals surface area contributed by atoms with E-state index in [0.717, 1.165) is 25.8 Å². The van der Waals surface area contributed by atoms with E-state index in [0.29, 0.717) is 45.4 Å². The number of aliphatic hydroxyl groups is 1. The molecule has 1 amide bonds. The molecule has 0 aromatic carbocycles. The fraction of sp³-hybridized carbons (Fsp3) is 0.875. The summed E-state index contributed by atoms with van der Waals surface area (Å²) in [6, 6.07) is 0. The van der Waals surface area contributed by atoms with Crippen molar-refractivity contribution in [1.29, 1.82) is 0 Å². The lowest BCUT2D eigenvalue weighted by Gasteiger charge is -2.40. The fourth-order valence-corrected chi connectivity index (χ4v) is 3.70. The number of rotatable bonds is 5. The van der Waals surface area contributed by atoms with Gasteiger partial charge in [-0.3, -0.25) is 14.5 Å². The van der Waals surface area contributed by atoms with Gasteiger partial charge in [-0.2, -0.15) is 0 Å². The lowest BCUT2D eigenvalue weighted by Crippen LogP contribution is -2.50. The van der Waals surface area contributed by atoms with Crippen LogP contribution in [0.5, 0.6) is 0 Å². The van der Waals surface area contributed by atoms with Gasteiger partial charge in [-0.05, 0) is 38.6 Å². The van der Waals surface area contributed by atoms with Crippen molar-refractivity contribution in [2.75, 3.05) is 32.7 Å². The first-order chi connectivity index (χ1) is 10.5. The number of carboxylic acids is 1. The van der Waals surface area contributed by atoms with E-state index >= 15 is 0 Å². The van der Waals surface area contributed by atoms with Crippen LogP contribution in [0.15, 0.2) is 0 Å². The SMILES string of the molecule is CCCC1(C(=O)O)CCN(C(=O)CN2CCC[C@@H](O)C2)CC1. The predicted octanol–water partition coefficient (Wildman–Crippen LogP) is 0.937. The number of β-amino-alcohol motifs (C(OH)–C–C–N with tert-alkyl or cyclic N) is 1. The van der Waals surface area contributed by atoms with E-state index in [2.05, 4.69) is 0 Å². The molecule has 6 heteroatoms. The number of hydrogen-bond acceptors (Lipinski definition) is 4. The Kier molecular flexibility index (Phi) is 5.81. The van der Waals surface area contributed by atoms with Gasteiger partial charge in [-0.1, -0.05) is 13.3 Å². The first-order valence-electron chi connectivity index (χ1n) is 8.38. The summed E-state index contributed by atoms with van der Waals surface area (Å²) >= 11 is 0. The molecule has 0 aliphatic carbocycles. The third-order valence-corrected chi connectivity index (χ3v) is 5.09. The van der Waals surface area contributed by atoms with Gasteiger partial charge in [-0.25, -0.2) is 0 Å². The van der Waals surface area contributed by atoms with E-state index in [1.165, 1.54) is 0 Å². The number of piperidine rings is 2. The molecule has 1 atom stereocenters. The zero-order valence-corrected chi connectivity index (χ0v) is 13.5. The highest BCUT2D eigenvalue weighted by atomic mass is 16.4. The van der Waals surface area contributed by atoms with Crippen LogP contribution < -0.4 is 0 Å². The quantitative estimate of drug-likeness (QED) is 0.789. The number of nitrogens with zero attached hydrogens (tertiary/aromatic N) is 2. The Morgan fingerprint density at radius 3 is 2.45 bits per heavy atom. The maximum Gasteiger partial charge on any atom is 0.309 e. The molecule has 2 saturated heterocycles. The average molecular weight is 312 g/mol. The Bertz CT molecular complexity index is 405. The standard InChI is InChI=1S/C16H28N2O4/c1-2-5-16(15(21)22)6-9-18(10-7-16)14(20)12-17-8-3-4-13(19)11-17/h13,19H,2-12H2,1H3,(H,21,22)/t13-/m1/s1. The molecule has 0 unspecified atom stereocenters. The highest BCUT2D eigenvalue weighted by molar-refractivity contribution is 5.79. The topological polar surface area (TPSA) is 81.1 Å². The molecule has 0 spiro atoms. The minimum Gasteiger partial charge on any atom is -0.481 e. The largest absolute Gasteiger partial charge is 0.481 e. The molecule has 0 bridgehead atoms. The van der Waals surface area contributed by atoms with Gasteiger partial charge in [0.05, 0.1) is 18.1 Å². The van der Waals surface area contributed by atoms with Gasteiger partial charge in [0.15, 0.2) is 0 Å². The summed E-state index contributed by atoms with van der Waals surface area (Å²) in [4.78, 5) is 27.7. The molecule has 6 nitrogen and oxygen atoms in total. The maximum atomic E-state index is 12.4. The van der Waals surface area contributed by atoms with E-state index in [4.69, 9.17) is 0 Å². The second-order valence-corrected chi connectivity index (χ2v) is 6.75. The molecule has 2 N–H and O–H groups in total. The zero-order valence-electron chi connectivity index (χ0n) is 13.5. The van der Waals surface area contributed by atoms with Crippen LogP contribution in [0.2, 0.25) is 0 Å². The second-order valence-electron chi connectivity index (χ2n) is 6.75. The molecule has 0 aromatic rings. The van der Waals surface area contributed by atoms with E-state index in [1.54, 1.807) is 4.90 Å². The molecule has 2 aliphatic rings. The Morgan fingerprint density at radius 2 is 1.91 bits per heavy atom. The minimum absolute atomic E-state index is 0.0598. The molecule has 2 rings (SSSR count). The lowest BCUT2D eigenvalue weighted by molar-refractivity contribution is -0.155. The van der Waals surface area contributed by atoms with Gasteiger partial charge in [-0.15, -0.1) is 0 Å². The monoisotopic (exact) mass is 312 g/mol. The number of hydrogen-bond donors (Lipinski definition) is 2. The minimum atomic E-state index is -0.722. The zero-order chi connectivity index (χ0) is 16.2. The van der Waals surface area contributed by atoms with Crippen molar-refractivity contribution in [3.63, 3.8) is 0 Å². The Labute approximate surface area is 132 Å². The van der Waals surface area contributed by atoms with Crippen LogP contribution in [0.3, 0.4) is 0 Å². The summed E-state index contributed by atoms with van der Waals surface area (Å²) in [6.45, 7) is 4.82. The number of carboxylic acid groups (broad SMARTS) is 1. The first-order valence-corrected chi connectivity index (χ1v) is 8.38. The number of aliphatic carboxylic acids is 1. The van der Waals surface area contributed by atoms with Crippen molar-refractivity contribution >= 4 is 11.9 Å². The second kappa shape index (κ2) is 7.42. The molecular weight excluding hydrogens is 284 g/mol. The van der Waals surface area contributed by atoms with Gasteiger partial charge in [0, 0.05) is 19.6 Å². The maximum absolute atomic E-state index is 12.4. The van der Waals surface area contributed by atoms with Gasteiger partial charge < -0.3 is 15.1 Å². The van der Waals surface area contributed by atoms with E-state index in [-0.39, 0.29) is 12.0 Å². The van der Waals surface area contributed by atoms with Crippen LogP contribution in [0, 0.1) is 5.41 Å². The molecule has 0 aromatic heterocycles. The third-order valence-electron chi connectivity index (χ3n) is 5.09. The third kappa shape index (κ3) is 3.98. The van der Waals surface area contributed by atoms with E-state index < -0.39 is 11.4 Å². The van der Waals surface area contributed by atoms with Crippen molar-refractivity contribution in [3.05, 3.63) is 0 Å². The summed E-state index contributed by atoms with van der Waals surface area (Å²) < 4.78 is 0. The van der Waals surface area contributed by atoms with Crippen LogP contribution >= 0.6 is 0 Å². The summed E-state index contributed by atoms with van der Waals surface area (Å²) in [5.41, 5.74) is -0.646. The summed E-state index contributed by atoms with van der Waals surface area (Å²) in [6.07, 6.45) is 4.04. The molecule has 0 saturated carbocycles. The van der Waals surface area contributed by atoms with Crippen LogP contribution in [-0.2, 0) is 9.59 Å². The van der Waals surface area contributed by atoms with Crippen molar-refractivity contribution in [3.8, 4) is 0 Å². The molecule has 2 fully saturated rings. The fourth-order valence-electron chi connectivity index (χ4n) is 3.70. The molecule has 126 valence electrons. The van der Waals surface area contributed by atoms with Crippen LogP contribution in [0.4, 0.5) is 0 Å². The number of amides is 1. The highest BCUT2D eigenvalue weighted by Gasteiger charge is 2.41. The van der Waals surface area contributed by atoms with Gasteiger partial charge in [0.25, 0.3) is 0 Å². The van der Waals surface area contributed by atoms with Crippen LogP contribution in [0.25, 0.3) is 0 Å². The number of aliphatic hydroxyl groups excluding tert-OH is 1. The van der Waals surface area contributed by atoms with Crippen molar-refractivity contribution in [2.45, 2.75) is 51.6 Å². The Hall–Kier alpha value is -1.14. The molecule has 0 radical (unpaired) electrons. The lowest BCUT2D eigenvalue weighted by atomic mass is 9.75. The normalized spacial score (nSPS) is 25.9. The Morgan fingerprint density at radius 1 is 1.23 bits per heavy atom. The van der Waals surface area contributed by atoms with Gasteiger partial charge in [0.2, 0.25) is 5.91 Å². The number of likely N-dealkylation sites (tertiary alicyclic amines) is 2. The van der Waals surface area contributed by atoms with Gasteiger partial charge in [0.1, 0.15) is 0 Å². The molecule has 2 aliphatic heterocycles. The van der Waals surface area contributed by atoms with Crippen molar-refractivity contribution in [1.82, 2.24) is 9.80 Å². The van der Waals surface area contributed by atoms with Crippen molar-refractivity contribution in [2.24, 2.45) is 5.41 Å². The van der Waals surface area contributed by atoms with E-state index in [9.17, 15) is 19.8 Å². The molecular formula is C16H28N2O4. The first kappa shape index (κ1) is 17.2. The highest BCUT2D eigenvalue weighted by Crippen LogP contribution is 2.36. The summed E-state index contributed by atoms with van der Waals surface area (Å²) in [5.74, 6) is -0.662. The smallest absolute Gasteiger partial charge is 0.309 e. The van der Waals surface area contributed by atoms with Gasteiger partial charge >= 0.3 is 5.97 Å². The Balaban J connectivity index is 1.85. The summed E-state index contributed by atoms with van der Waals surface area (Å²) in [5, 5.41) is 19.2. The number of carbonyl (C=O) groups excluding carboxylic acids is 1. The summed E-state index contributed by atoms with van der Waals surface area (Å²) in [7, 11) is 0. The van der Waals surface area contributed by atoms with E-state index in [1.807, 2.05) is 11.8 Å². The number of carbonyl (C=O) groups is 2. The predicted molar refractivity (Wildman–Crippen MR) is 82.5 cm³/mol. The average Bonchev–Trinajstić information content (AvgIpc) is 2.48. The van der Waals surface area contributed by atoms with Crippen LogP contribution in [0.1, 0.15) is 45.4 Å². The molecule has 2 heterocycles. The van der Waals surface area contributed by atoms with Crippen LogP contribution in [-0.4, -0.2) is 70.7 Å². The van der Waals surface area contributed by atoms with Crippen molar-refractivity contribution < 1.29 is 19.8 Å². The molecule has 22 heavy (non-hydrogen) atoms.